The normalized spacial score (nSPS) is 10.4. The molecular weight excluding hydrogens is 298 g/mol. The molecule has 21 heavy (non-hydrogen) atoms. The second kappa shape index (κ2) is 7.00. The second-order valence-electron chi connectivity index (χ2n) is 4.09. The predicted octanol–water partition coefficient (Wildman–Crippen LogP) is 0.436. The molecule has 0 radical (unpaired) electrons. The first-order valence-corrected chi connectivity index (χ1v) is 6.55. The number of methoxy groups -OCH3 is 1. The first-order chi connectivity index (χ1) is 10.2. The number of halogens is 1. The van der Waals surface area contributed by atoms with Gasteiger partial charge >= 0.3 is 0 Å². The average molecular weight is 312 g/mol. The lowest BCUT2D eigenvalue weighted by atomic mass is 10.1. The summed E-state index contributed by atoms with van der Waals surface area (Å²) < 4.78 is 6.59. The molecule has 2 rings (SSSR count). The molecule has 0 unspecified atom stereocenters. The number of nitrogens with one attached hydrogen (secondary N) is 1. The van der Waals surface area contributed by atoms with Crippen LogP contribution in [-0.4, -0.2) is 51.5 Å². The Morgan fingerprint density at radius 3 is 2.95 bits per heavy atom. The Kier molecular flexibility index (Phi) is 5.07. The number of benzene rings is 1. The van der Waals surface area contributed by atoms with E-state index in [1.807, 2.05) is 0 Å². The minimum absolute atomic E-state index is 0.0103. The van der Waals surface area contributed by atoms with Gasteiger partial charge < -0.3 is 15.2 Å². The van der Waals surface area contributed by atoms with Crippen LogP contribution < -0.4 is 10.1 Å². The third-order valence-electron chi connectivity index (χ3n) is 2.73. The molecule has 1 heterocycles. The maximum atomic E-state index is 12.1. The highest BCUT2D eigenvalue weighted by Crippen LogP contribution is 2.29. The van der Waals surface area contributed by atoms with E-state index < -0.39 is 0 Å². The van der Waals surface area contributed by atoms with E-state index in [1.54, 1.807) is 6.07 Å². The van der Waals surface area contributed by atoms with Gasteiger partial charge in [0, 0.05) is 19.2 Å². The molecule has 0 aliphatic carbocycles. The Hall–Kier alpha value is -2.19. The lowest BCUT2D eigenvalue weighted by Crippen LogP contribution is -2.25. The molecule has 1 aromatic heterocycles. The molecule has 0 bridgehead atoms. The van der Waals surface area contributed by atoms with Gasteiger partial charge in [-0.25, -0.2) is 0 Å². The van der Waals surface area contributed by atoms with E-state index in [2.05, 4.69) is 20.8 Å². The van der Waals surface area contributed by atoms with Crippen molar-refractivity contribution in [2.24, 2.45) is 0 Å². The topological polar surface area (TPSA) is 102 Å². The number of aromatic nitrogens is 4. The fourth-order valence-corrected chi connectivity index (χ4v) is 1.96. The van der Waals surface area contributed by atoms with Crippen LogP contribution in [-0.2, 0) is 0 Å². The number of aliphatic hydroxyl groups is 1. The number of amides is 1. The van der Waals surface area contributed by atoms with Gasteiger partial charge in [0.25, 0.3) is 5.91 Å². The van der Waals surface area contributed by atoms with Gasteiger partial charge in [0.2, 0.25) is 0 Å². The molecule has 0 fully saturated rings. The Morgan fingerprint density at radius 2 is 2.33 bits per heavy atom. The van der Waals surface area contributed by atoms with Gasteiger partial charge in [-0.15, -0.1) is 5.10 Å². The first kappa shape index (κ1) is 15.2. The maximum absolute atomic E-state index is 12.1. The van der Waals surface area contributed by atoms with Crippen molar-refractivity contribution in [3.63, 3.8) is 0 Å². The van der Waals surface area contributed by atoms with Crippen LogP contribution >= 0.6 is 11.6 Å². The van der Waals surface area contributed by atoms with Gasteiger partial charge in [0.15, 0.2) is 0 Å². The van der Waals surface area contributed by atoms with Crippen molar-refractivity contribution < 1.29 is 14.6 Å². The van der Waals surface area contributed by atoms with Crippen molar-refractivity contribution in [1.82, 2.24) is 25.5 Å². The van der Waals surface area contributed by atoms with Crippen molar-refractivity contribution in [3.8, 4) is 11.4 Å². The Labute approximate surface area is 125 Å². The van der Waals surface area contributed by atoms with Crippen molar-refractivity contribution in [1.29, 1.82) is 0 Å². The maximum Gasteiger partial charge on any atom is 0.255 e. The standard InChI is InChI=1S/C12H14ClN5O3/c1-21-11-6-10(18-7-15-16-17-18)9(13)5-8(11)12(20)14-3-2-4-19/h5-7,19H,2-4H2,1H3,(H,14,20). The number of carbonyl (C=O) groups is 1. The number of ether oxygens (including phenoxy) is 1. The van der Waals surface area contributed by atoms with E-state index in [9.17, 15) is 4.79 Å². The van der Waals surface area contributed by atoms with E-state index >= 15 is 0 Å². The minimum Gasteiger partial charge on any atom is -0.496 e. The highest BCUT2D eigenvalue weighted by atomic mass is 35.5. The number of nitrogens with zero attached hydrogens (tertiary/aromatic N) is 4. The zero-order valence-electron chi connectivity index (χ0n) is 11.3. The fourth-order valence-electron chi connectivity index (χ4n) is 1.71. The highest BCUT2D eigenvalue weighted by molar-refractivity contribution is 6.33. The Bertz CT molecular complexity index is 618. The summed E-state index contributed by atoms with van der Waals surface area (Å²) in [6, 6.07) is 3.07. The zero-order valence-corrected chi connectivity index (χ0v) is 12.0. The summed E-state index contributed by atoms with van der Waals surface area (Å²) in [5, 5.41) is 22.5. The van der Waals surface area contributed by atoms with Crippen LogP contribution in [0.2, 0.25) is 5.02 Å². The van der Waals surface area contributed by atoms with E-state index in [-0.39, 0.29) is 12.5 Å². The van der Waals surface area contributed by atoms with E-state index in [0.29, 0.717) is 35.0 Å². The van der Waals surface area contributed by atoms with E-state index in [4.69, 9.17) is 21.4 Å². The molecule has 8 nitrogen and oxygen atoms in total. The van der Waals surface area contributed by atoms with Crippen LogP contribution in [0.3, 0.4) is 0 Å². The summed E-state index contributed by atoms with van der Waals surface area (Å²) in [6.45, 7) is 0.376. The lowest BCUT2D eigenvalue weighted by molar-refractivity contribution is 0.0948. The summed E-state index contributed by atoms with van der Waals surface area (Å²) in [6.07, 6.45) is 1.87. The molecule has 0 aliphatic heterocycles. The predicted molar refractivity (Wildman–Crippen MR) is 74.8 cm³/mol. The monoisotopic (exact) mass is 311 g/mol. The van der Waals surface area contributed by atoms with Gasteiger partial charge in [-0.05, 0) is 22.9 Å². The smallest absolute Gasteiger partial charge is 0.255 e. The molecule has 1 aromatic carbocycles. The van der Waals surface area contributed by atoms with Gasteiger partial charge in [0.1, 0.15) is 12.1 Å². The summed E-state index contributed by atoms with van der Waals surface area (Å²) in [4.78, 5) is 12.1. The summed E-state index contributed by atoms with van der Waals surface area (Å²) in [5.41, 5.74) is 0.808. The second-order valence-corrected chi connectivity index (χ2v) is 4.50. The number of carbonyl (C=O) groups excluding carboxylic acids is 1. The van der Waals surface area contributed by atoms with Crippen LogP contribution in [0.4, 0.5) is 0 Å². The summed E-state index contributed by atoms with van der Waals surface area (Å²) in [5.74, 6) is 0.0249. The summed E-state index contributed by atoms with van der Waals surface area (Å²) >= 11 is 6.16. The SMILES string of the molecule is COc1cc(-n2cnnn2)c(Cl)cc1C(=O)NCCCO. The van der Waals surface area contributed by atoms with Crippen LogP contribution in [0.5, 0.6) is 5.75 Å². The van der Waals surface area contributed by atoms with Crippen molar-refractivity contribution in [2.45, 2.75) is 6.42 Å². The molecule has 9 heteroatoms. The largest absolute Gasteiger partial charge is 0.496 e. The molecule has 0 atom stereocenters. The third-order valence-corrected chi connectivity index (χ3v) is 3.03. The quantitative estimate of drug-likeness (QED) is 0.750. The van der Waals surface area contributed by atoms with Crippen molar-refractivity contribution in [2.75, 3.05) is 20.3 Å². The van der Waals surface area contributed by atoms with Gasteiger partial charge in [-0.2, -0.15) is 4.68 Å². The van der Waals surface area contributed by atoms with Crippen LogP contribution in [0, 0.1) is 0 Å². The third kappa shape index (κ3) is 3.47. The van der Waals surface area contributed by atoms with Crippen LogP contribution in [0.1, 0.15) is 16.8 Å². The molecule has 2 aromatic rings. The van der Waals surface area contributed by atoms with Crippen LogP contribution in [0.15, 0.2) is 18.5 Å². The van der Waals surface area contributed by atoms with Gasteiger partial charge in [0.05, 0.1) is 23.4 Å². The molecule has 2 N–H and O–H groups in total. The van der Waals surface area contributed by atoms with Crippen molar-refractivity contribution >= 4 is 17.5 Å². The molecule has 0 aliphatic rings. The number of aliphatic hydroxyl groups excluding tert-OH is 1. The average Bonchev–Trinajstić information content (AvgIpc) is 3.01. The molecule has 0 saturated heterocycles. The van der Waals surface area contributed by atoms with Crippen molar-refractivity contribution in [3.05, 3.63) is 29.0 Å². The number of rotatable bonds is 6. The number of hydrogen-bond donors (Lipinski definition) is 2. The Balaban J connectivity index is 2.31. The molecule has 0 saturated carbocycles. The first-order valence-electron chi connectivity index (χ1n) is 6.17. The highest BCUT2D eigenvalue weighted by Gasteiger charge is 2.17. The fraction of sp³-hybridized carbons (Fsp3) is 0.333. The van der Waals surface area contributed by atoms with E-state index in [1.165, 1.54) is 24.2 Å². The van der Waals surface area contributed by atoms with Gasteiger partial charge in [-0.1, -0.05) is 11.6 Å². The van der Waals surface area contributed by atoms with E-state index in [0.717, 1.165) is 0 Å². The molecule has 0 spiro atoms. The number of hydrogen-bond acceptors (Lipinski definition) is 6. The summed E-state index contributed by atoms with van der Waals surface area (Å²) in [7, 11) is 1.46. The van der Waals surface area contributed by atoms with Crippen LogP contribution in [0.25, 0.3) is 5.69 Å². The van der Waals surface area contributed by atoms with Gasteiger partial charge in [-0.3, -0.25) is 4.79 Å². The lowest BCUT2D eigenvalue weighted by Gasteiger charge is -2.12. The zero-order chi connectivity index (χ0) is 15.2. The molecule has 1 amide bonds. The molecular formula is C12H14ClN5O3. The number of tetrazole rings is 1. The minimum atomic E-state index is -0.328. The molecule has 112 valence electrons. The Morgan fingerprint density at radius 1 is 1.52 bits per heavy atom.